The largest absolute Gasteiger partial charge is 0.359 e. The summed E-state index contributed by atoms with van der Waals surface area (Å²) in [5, 5.41) is 6.73. The Morgan fingerprint density at radius 2 is 2.00 bits per heavy atom. The van der Waals surface area contributed by atoms with E-state index in [0.29, 0.717) is 11.5 Å². The lowest BCUT2D eigenvalue weighted by molar-refractivity contribution is -0.114. The first-order valence-electron chi connectivity index (χ1n) is 9.79. The molecular formula is C20H26ClN7O. The third kappa shape index (κ3) is 4.44. The van der Waals surface area contributed by atoms with Crippen molar-refractivity contribution in [1.29, 1.82) is 0 Å². The molecule has 4 rings (SSSR count). The minimum atomic E-state index is -0.0702. The summed E-state index contributed by atoms with van der Waals surface area (Å²) in [6.07, 6.45) is 1.55. The number of aromatic nitrogens is 2. The van der Waals surface area contributed by atoms with E-state index in [1.165, 1.54) is 5.56 Å². The van der Waals surface area contributed by atoms with Crippen molar-refractivity contribution in [3.63, 3.8) is 0 Å². The monoisotopic (exact) mass is 415 g/mol. The Balaban J connectivity index is 1.50. The zero-order valence-electron chi connectivity index (χ0n) is 16.7. The molecule has 0 saturated carbocycles. The molecule has 154 valence electrons. The molecule has 1 saturated heterocycles. The Bertz CT molecular complexity index is 883. The number of nitrogens with zero attached hydrogens (tertiary/aromatic N) is 5. The predicted octanol–water partition coefficient (Wildman–Crippen LogP) is 1.92. The highest BCUT2D eigenvalue weighted by molar-refractivity contribution is 6.30. The van der Waals surface area contributed by atoms with Crippen molar-refractivity contribution in [2.75, 3.05) is 68.9 Å². The van der Waals surface area contributed by atoms with E-state index in [9.17, 15) is 4.79 Å². The minimum absolute atomic E-state index is 0.0702. The number of benzene rings is 1. The molecule has 3 heterocycles. The Kier molecular flexibility index (Phi) is 5.84. The van der Waals surface area contributed by atoms with E-state index < -0.39 is 0 Å². The van der Waals surface area contributed by atoms with Gasteiger partial charge in [0, 0.05) is 43.8 Å². The van der Waals surface area contributed by atoms with E-state index in [1.807, 2.05) is 12.1 Å². The average Bonchev–Trinajstić information content (AvgIpc) is 2.71. The first-order chi connectivity index (χ1) is 14.0. The maximum absolute atomic E-state index is 11.8. The van der Waals surface area contributed by atoms with Crippen LogP contribution in [0.5, 0.6) is 0 Å². The summed E-state index contributed by atoms with van der Waals surface area (Å²) in [6, 6.07) is 8.40. The number of hydrogen-bond donors (Lipinski definition) is 2. The molecule has 1 fully saturated rings. The summed E-state index contributed by atoms with van der Waals surface area (Å²) in [5.74, 6) is 1.39. The lowest BCUT2D eigenvalue weighted by Gasteiger charge is -2.41. The van der Waals surface area contributed by atoms with E-state index in [1.54, 1.807) is 6.33 Å². The van der Waals surface area contributed by atoms with Crippen LogP contribution in [-0.2, 0) is 4.79 Å². The Hall–Kier alpha value is -2.42. The van der Waals surface area contributed by atoms with Gasteiger partial charge in [0.2, 0.25) is 5.91 Å². The van der Waals surface area contributed by atoms with Crippen LogP contribution in [0.25, 0.3) is 0 Å². The van der Waals surface area contributed by atoms with Crippen LogP contribution in [0.1, 0.15) is 11.6 Å². The molecule has 1 atom stereocenters. The van der Waals surface area contributed by atoms with Crippen LogP contribution in [0.4, 0.5) is 17.3 Å². The van der Waals surface area contributed by atoms with Gasteiger partial charge in [-0.25, -0.2) is 9.97 Å². The van der Waals surface area contributed by atoms with Crippen molar-refractivity contribution >= 4 is 34.8 Å². The molecule has 1 amide bonds. The molecule has 0 radical (unpaired) electrons. The summed E-state index contributed by atoms with van der Waals surface area (Å²) in [5.41, 5.74) is 1.91. The maximum atomic E-state index is 11.8. The number of fused-ring (bicyclic) bond motifs is 1. The number of nitrogens with one attached hydrogen (secondary N) is 2. The number of carbonyl (C=O) groups is 1. The number of anilines is 3. The minimum Gasteiger partial charge on any atom is -0.359 e. The maximum Gasteiger partial charge on any atom is 0.243 e. The quantitative estimate of drug-likeness (QED) is 0.772. The first kappa shape index (κ1) is 19.9. The highest BCUT2D eigenvalue weighted by Gasteiger charge is 2.29. The van der Waals surface area contributed by atoms with Gasteiger partial charge in [-0.2, -0.15) is 0 Å². The van der Waals surface area contributed by atoms with Crippen molar-refractivity contribution in [2.24, 2.45) is 0 Å². The van der Waals surface area contributed by atoms with E-state index in [-0.39, 0.29) is 18.5 Å². The number of carbonyl (C=O) groups excluding carboxylic acids is 1. The molecule has 1 aromatic heterocycles. The third-order valence-corrected chi connectivity index (χ3v) is 5.57. The van der Waals surface area contributed by atoms with E-state index in [4.69, 9.17) is 11.6 Å². The van der Waals surface area contributed by atoms with Crippen molar-refractivity contribution in [3.8, 4) is 0 Å². The van der Waals surface area contributed by atoms with Crippen LogP contribution in [-0.4, -0.2) is 79.0 Å². The highest BCUT2D eigenvalue weighted by Crippen LogP contribution is 2.33. The molecule has 0 spiro atoms. The van der Waals surface area contributed by atoms with Gasteiger partial charge in [0.05, 0.1) is 6.54 Å². The molecule has 0 aliphatic carbocycles. The van der Waals surface area contributed by atoms with Crippen molar-refractivity contribution in [1.82, 2.24) is 19.8 Å². The summed E-state index contributed by atoms with van der Waals surface area (Å²) >= 11 is 6.25. The fourth-order valence-corrected chi connectivity index (χ4v) is 4.15. The molecule has 2 aromatic rings. The van der Waals surface area contributed by atoms with Gasteiger partial charge in [0.1, 0.15) is 12.0 Å². The lowest BCUT2D eigenvalue weighted by atomic mass is 10.0. The molecule has 9 heteroatoms. The van der Waals surface area contributed by atoms with Gasteiger partial charge in [0.25, 0.3) is 0 Å². The Labute approximate surface area is 175 Å². The fraction of sp³-hybridized carbons (Fsp3) is 0.450. The van der Waals surface area contributed by atoms with E-state index in [2.05, 4.69) is 61.5 Å². The molecule has 8 nitrogen and oxygen atoms in total. The smallest absolute Gasteiger partial charge is 0.243 e. The van der Waals surface area contributed by atoms with Crippen LogP contribution < -0.4 is 15.5 Å². The number of halogens is 1. The second-order valence-corrected chi connectivity index (χ2v) is 8.12. The van der Waals surface area contributed by atoms with E-state index >= 15 is 0 Å². The Morgan fingerprint density at radius 3 is 2.72 bits per heavy atom. The molecule has 29 heavy (non-hydrogen) atoms. The predicted molar refractivity (Wildman–Crippen MR) is 116 cm³/mol. The van der Waals surface area contributed by atoms with Gasteiger partial charge >= 0.3 is 0 Å². The average molecular weight is 416 g/mol. The summed E-state index contributed by atoms with van der Waals surface area (Å²) in [6.45, 7) is 4.59. The molecular weight excluding hydrogens is 390 g/mol. The summed E-state index contributed by atoms with van der Waals surface area (Å²) in [4.78, 5) is 27.4. The molecule has 0 bridgehead atoms. The lowest BCUT2D eigenvalue weighted by Crippen LogP contribution is -2.50. The number of amides is 1. The zero-order chi connectivity index (χ0) is 20.4. The van der Waals surface area contributed by atoms with Crippen molar-refractivity contribution in [3.05, 3.63) is 41.2 Å². The molecule has 2 aliphatic rings. The SMILES string of the molecule is CN(C)CC(c1cccc(Cl)c1)N1CCN(c2ncnc3c2NC(=O)CN3)CC1. The van der Waals surface area contributed by atoms with Gasteiger partial charge in [-0.15, -0.1) is 0 Å². The van der Waals surface area contributed by atoms with Gasteiger partial charge < -0.3 is 20.4 Å². The number of rotatable bonds is 5. The topological polar surface area (TPSA) is 76.6 Å². The van der Waals surface area contributed by atoms with Gasteiger partial charge in [-0.1, -0.05) is 23.7 Å². The van der Waals surface area contributed by atoms with Crippen molar-refractivity contribution in [2.45, 2.75) is 6.04 Å². The second-order valence-electron chi connectivity index (χ2n) is 7.68. The van der Waals surface area contributed by atoms with Crippen LogP contribution in [0, 0.1) is 0 Å². The Morgan fingerprint density at radius 1 is 1.21 bits per heavy atom. The van der Waals surface area contributed by atoms with Gasteiger partial charge in [0.15, 0.2) is 11.6 Å². The van der Waals surface area contributed by atoms with Crippen LogP contribution in [0.2, 0.25) is 5.02 Å². The van der Waals surface area contributed by atoms with Crippen molar-refractivity contribution < 1.29 is 4.79 Å². The summed E-state index contributed by atoms with van der Waals surface area (Å²) < 4.78 is 0. The molecule has 2 aliphatic heterocycles. The normalized spacial score (nSPS) is 18.2. The number of likely N-dealkylation sites (N-methyl/N-ethyl adjacent to an activating group) is 1. The standard InChI is InChI=1S/C20H26ClN7O/c1-26(2)12-16(14-4-3-5-15(21)10-14)27-6-8-28(9-7-27)20-18-19(23-13-24-20)22-11-17(29)25-18/h3-5,10,13,16H,6-9,11-12H2,1-2H3,(H,25,29)(H,22,23,24). The van der Waals surface area contributed by atoms with Crippen LogP contribution in [0.3, 0.4) is 0 Å². The fourth-order valence-electron chi connectivity index (χ4n) is 3.95. The number of hydrogen-bond acceptors (Lipinski definition) is 7. The highest BCUT2D eigenvalue weighted by atomic mass is 35.5. The number of piperazine rings is 1. The molecule has 2 N–H and O–H groups in total. The summed E-state index contributed by atoms with van der Waals surface area (Å²) in [7, 11) is 4.19. The van der Waals surface area contributed by atoms with Crippen LogP contribution >= 0.6 is 11.6 Å². The van der Waals surface area contributed by atoms with Crippen LogP contribution in [0.15, 0.2) is 30.6 Å². The van der Waals surface area contributed by atoms with Gasteiger partial charge in [-0.3, -0.25) is 9.69 Å². The molecule has 1 aromatic carbocycles. The first-order valence-corrected chi connectivity index (χ1v) is 10.2. The molecule has 1 unspecified atom stereocenters. The third-order valence-electron chi connectivity index (χ3n) is 5.33. The van der Waals surface area contributed by atoms with E-state index in [0.717, 1.165) is 43.6 Å². The zero-order valence-corrected chi connectivity index (χ0v) is 17.5. The van der Waals surface area contributed by atoms with Gasteiger partial charge in [-0.05, 0) is 31.8 Å². The second kappa shape index (κ2) is 8.52.